The average Bonchev–Trinajstić information content (AvgIpc) is 2.82. The zero-order chi connectivity index (χ0) is 25.4. The van der Waals surface area contributed by atoms with E-state index < -0.39 is 28.8 Å². The highest BCUT2D eigenvalue weighted by atomic mass is 19.1. The first-order valence-corrected chi connectivity index (χ1v) is 11.3. The number of aromatic hydroxyl groups is 1. The number of nitrogens with zero attached hydrogens (tertiary/aromatic N) is 3. The molecule has 0 aliphatic carbocycles. The van der Waals surface area contributed by atoms with Crippen molar-refractivity contribution in [2.75, 3.05) is 32.4 Å². The zero-order valence-electron chi connectivity index (χ0n) is 20.1. The third-order valence-electron chi connectivity index (χ3n) is 6.64. The highest BCUT2D eigenvalue weighted by Crippen LogP contribution is 2.27. The number of hydrogen-bond acceptors (Lipinski definition) is 7. The van der Waals surface area contributed by atoms with Crippen LogP contribution in [0.25, 0.3) is 0 Å². The molecule has 3 atom stereocenters. The maximum absolute atomic E-state index is 14.2. The molecule has 0 spiro atoms. The first kappa shape index (κ1) is 24.7. The third-order valence-corrected chi connectivity index (χ3v) is 6.64. The van der Waals surface area contributed by atoms with Crippen LogP contribution in [-0.2, 0) is 16.0 Å². The van der Waals surface area contributed by atoms with Crippen LogP contribution < -0.4 is 15.8 Å². The Bertz CT molecular complexity index is 1220. The topological polar surface area (TPSA) is 113 Å². The van der Waals surface area contributed by atoms with E-state index in [0.29, 0.717) is 6.42 Å². The van der Waals surface area contributed by atoms with E-state index in [1.807, 2.05) is 6.92 Å². The van der Waals surface area contributed by atoms with E-state index in [2.05, 4.69) is 5.32 Å². The zero-order valence-corrected chi connectivity index (χ0v) is 20.1. The minimum Gasteiger partial charge on any atom is -0.502 e. The van der Waals surface area contributed by atoms with Crippen LogP contribution in [0.5, 0.6) is 5.75 Å². The number of fused-ring (bicyclic) bond motifs is 4. The predicted molar refractivity (Wildman–Crippen MR) is 124 cm³/mol. The van der Waals surface area contributed by atoms with E-state index in [-0.39, 0.29) is 54.8 Å². The lowest BCUT2D eigenvalue weighted by atomic mass is 10.0. The number of halogens is 1. The fourth-order valence-electron chi connectivity index (χ4n) is 4.59. The molecule has 35 heavy (non-hydrogen) atoms. The largest absolute Gasteiger partial charge is 0.502 e. The van der Waals surface area contributed by atoms with Gasteiger partial charge in [-0.15, -0.1) is 0 Å². The van der Waals surface area contributed by atoms with Crippen LogP contribution in [0.1, 0.15) is 45.3 Å². The van der Waals surface area contributed by atoms with Crippen LogP contribution in [0, 0.1) is 12.7 Å². The number of aromatic nitrogens is 1. The summed E-state index contributed by atoms with van der Waals surface area (Å²) >= 11 is 0. The Hall–Kier alpha value is -3.44. The number of carbonyl (C=O) groups is 2. The van der Waals surface area contributed by atoms with Crippen LogP contribution in [0.3, 0.4) is 0 Å². The molecule has 4 rings (SSSR count). The van der Waals surface area contributed by atoms with Gasteiger partial charge in [0, 0.05) is 38.6 Å². The number of amides is 2. The number of nitrogens with one attached hydrogen (secondary N) is 1. The Morgan fingerprint density at radius 1 is 1.23 bits per heavy atom. The van der Waals surface area contributed by atoms with Crippen molar-refractivity contribution in [2.24, 2.45) is 0 Å². The standard InChI is InChI=1S/C24H29FN4O6/c1-13-5-6-15(17(25)7-13)9-26-23(32)16-10-28-20(22(31)21(16)30)24(33)27-11-19(35-4)18(34-3)8-14(2)29(28)12-27/h5-7,10,14,18-19,31H,8-9,11-12H2,1-4H3,(H,26,32)/t14-,18+,19-/m1/s1. The van der Waals surface area contributed by atoms with Crippen molar-refractivity contribution in [1.29, 1.82) is 0 Å². The van der Waals surface area contributed by atoms with E-state index in [0.717, 1.165) is 5.56 Å². The molecule has 2 N–H and O–H groups in total. The second kappa shape index (κ2) is 9.67. The minimum atomic E-state index is -0.976. The number of hydrogen-bond donors (Lipinski definition) is 2. The number of ether oxygens (including phenoxy) is 2. The van der Waals surface area contributed by atoms with Gasteiger partial charge in [0.25, 0.3) is 11.8 Å². The molecule has 2 amide bonds. The van der Waals surface area contributed by atoms with Crippen molar-refractivity contribution in [3.05, 3.63) is 62.8 Å². The van der Waals surface area contributed by atoms with E-state index in [9.17, 15) is 23.9 Å². The Labute approximate surface area is 201 Å². The molecule has 2 aromatic rings. The second-order valence-electron chi connectivity index (χ2n) is 8.93. The summed E-state index contributed by atoms with van der Waals surface area (Å²) in [5, 5.41) is 15.0. The molecule has 2 aliphatic rings. The van der Waals surface area contributed by atoms with Gasteiger partial charge in [0.1, 0.15) is 24.2 Å². The molecule has 0 radical (unpaired) electrons. The molecule has 10 nitrogen and oxygen atoms in total. The lowest BCUT2D eigenvalue weighted by molar-refractivity contribution is -0.0623. The number of pyridine rings is 1. The summed E-state index contributed by atoms with van der Waals surface area (Å²) in [5.41, 5.74) is -0.555. The molecule has 188 valence electrons. The molecule has 1 saturated heterocycles. The number of carbonyl (C=O) groups excluding carboxylic acids is 2. The normalized spacial score (nSPS) is 21.9. The summed E-state index contributed by atoms with van der Waals surface area (Å²) in [7, 11) is 3.11. The lowest BCUT2D eigenvalue weighted by Gasteiger charge is -2.47. The molecular formula is C24H29FN4O6. The third kappa shape index (κ3) is 4.48. The Morgan fingerprint density at radius 2 is 1.94 bits per heavy atom. The Balaban J connectivity index is 1.69. The van der Waals surface area contributed by atoms with Gasteiger partial charge in [-0.05, 0) is 31.9 Å². The summed E-state index contributed by atoms with van der Waals surface area (Å²) in [4.78, 5) is 40.5. The van der Waals surface area contributed by atoms with Gasteiger partial charge in [-0.2, -0.15) is 0 Å². The second-order valence-corrected chi connectivity index (χ2v) is 8.93. The monoisotopic (exact) mass is 488 g/mol. The van der Waals surface area contributed by atoms with Crippen molar-refractivity contribution < 1.29 is 28.6 Å². The molecular weight excluding hydrogens is 459 g/mol. The molecule has 3 heterocycles. The summed E-state index contributed by atoms with van der Waals surface area (Å²) < 4.78 is 26.7. The van der Waals surface area contributed by atoms with Gasteiger partial charge in [0.05, 0.1) is 12.6 Å². The number of rotatable bonds is 5. The highest BCUT2D eigenvalue weighted by Gasteiger charge is 2.41. The van der Waals surface area contributed by atoms with E-state index in [1.54, 1.807) is 38.3 Å². The molecule has 0 saturated carbocycles. The molecule has 1 aromatic heterocycles. The first-order chi connectivity index (χ1) is 16.7. The summed E-state index contributed by atoms with van der Waals surface area (Å²) in [6.07, 6.45) is 1.11. The molecule has 1 fully saturated rings. The predicted octanol–water partition coefficient (Wildman–Crippen LogP) is 1.10. The van der Waals surface area contributed by atoms with Crippen LogP contribution in [0.2, 0.25) is 0 Å². The number of benzene rings is 1. The van der Waals surface area contributed by atoms with Crippen molar-refractivity contribution in [2.45, 2.75) is 45.1 Å². The van der Waals surface area contributed by atoms with Gasteiger partial charge >= 0.3 is 0 Å². The first-order valence-electron chi connectivity index (χ1n) is 11.3. The van der Waals surface area contributed by atoms with Gasteiger partial charge in [0.2, 0.25) is 5.43 Å². The smallest absolute Gasteiger partial charge is 0.277 e. The summed E-state index contributed by atoms with van der Waals surface area (Å²) in [6, 6.07) is 4.42. The van der Waals surface area contributed by atoms with Crippen LogP contribution >= 0.6 is 0 Å². The fourth-order valence-corrected chi connectivity index (χ4v) is 4.59. The maximum Gasteiger partial charge on any atom is 0.277 e. The SMILES string of the molecule is CO[C@H]1C[C@@H](C)N2CN(C[C@H]1OC)C(=O)c1c(O)c(=O)c(C(=O)NCc3ccc(C)cc3F)cn12. The van der Waals surface area contributed by atoms with E-state index in [4.69, 9.17) is 9.47 Å². The van der Waals surface area contributed by atoms with Gasteiger partial charge in [-0.25, -0.2) is 4.39 Å². The number of aryl methyl sites for hydroxylation is 1. The quantitative estimate of drug-likeness (QED) is 0.648. The Kier molecular flexibility index (Phi) is 6.82. The van der Waals surface area contributed by atoms with Crippen molar-refractivity contribution in [3.63, 3.8) is 0 Å². The Morgan fingerprint density at radius 3 is 2.60 bits per heavy atom. The van der Waals surface area contributed by atoms with Gasteiger partial charge in [-0.3, -0.25) is 24.1 Å². The molecule has 2 bridgehead atoms. The fraction of sp³-hybridized carbons (Fsp3) is 0.458. The summed E-state index contributed by atoms with van der Waals surface area (Å²) in [5.74, 6) is -2.64. The molecule has 1 aromatic carbocycles. The molecule has 2 aliphatic heterocycles. The van der Waals surface area contributed by atoms with Crippen molar-refractivity contribution >= 4 is 11.8 Å². The van der Waals surface area contributed by atoms with Gasteiger partial charge < -0.3 is 24.8 Å². The van der Waals surface area contributed by atoms with Crippen LogP contribution in [-0.4, -0.2) is 72.2 Å². The number of methoxy groups -OCH3 is 2. The minimum absolute atomic E-state index is 0.145. The summed E-state index contributed by atoms with van der Waals surface area (Å²) in [6.45, 7) is 3.89. The molecule has 0 unspecified atom stereocenters. The van der Waals surface area contributed by atoms with E-state index >= 15 is 0 Å². The highest BCUT2D eigenvalue weighted by molar-refractivity contribution is 5.99. The van der Waals surface area contributed by atoms with Crippen molar-refractivity contribution in [3.8, 4) is 5.75 Å². The van der Waals surface area contributed by atoms with Gasteiger partial charge in [-0.1, -0.05) is 12.1 Å². The van der Waals surface area contributed by atoms with Crippen molar-refractivity contribution in [1.82, 2.24) is 14.9 Å². The average molecular weight is 489 g/mol. The van der Waals surface area contributed by atoms with Gasteiger partial charge in [0.15, 0.2) is 11.4 Å². The molecule has 11 heteroatoms. The van der Waals surface area contributed by atoms with E-state index in [1.165, 1.54) is 21.8 Å². The van der Waals surface area contributed by atoms with Crippen LogP contribution in [0.4, 0.5) is 4.39 Å². The lowest BCUT2D eigenvalue weighted by Crippen LogP contribution is -2.62. The van der Waals surface area contributed by atoms with Crippen LogP contribution in [0.15, 0.2) is 29.2 Å². The maximum atomic E-state index is 14.2.